The van der Waals surface area contributed by atoms with Gasteiger partial charge in [0, 0.05) is 30.0 Å². The maximum Gasteiger partial charge on any atom is 0.134 e. The summed E-state index contributed by atoms with van der Waals surface area (Å²) in [5, 5.41) is 5.17. The number of hydrogen-bond donors (Lipinski definition) is 1. The Balaban J connectivity index is 1.37. The van der Waals surface area contributed by atoms with Crippen molar-refractivity contribution < 1.29 is 4.42 Å². The molecule has 1 N–H and O–H groups in total. The summed E-state index contributed by atoms with van der Waals surface area (Å²) in [6.07, 6.45) is 5.51. The fraction of sp³-hybridized carbons (Fsp3) is 0.579. The average Bonchev–Trinajstić information content (AvgIpc) is 2.88. The van der Waals surface area contributed by atoms with Crippen LogP contribution in [0.25, 0.3) is 11.0 Å². The fourth-order valence-corrected chi connectivity index (χ4v) is 5.45. The Kier molecular flexibility index (Phi) is 2.55. The van der Waals surface area contributed by atoms with Gasteiger partial charge in [0.25, 0.3) is 0 Å². The van der Waals surface area contributed by atoms with Gasteiger partial charge in [-0.3, -0.25) is 0 Å². The zero-order valence-corrected chi connectivity index (χ0v) is 12.6. The number of fused-ring (bicyclic) bond motifs is 6. The molecule has 4 unspecified atom stereocenters. The molecule has 3 aliphatic carbocycles. The summed E-state index contributed by atoms with van der Waals surface area (Å²) < 4.78 is 6.01. The maximum absolute atomic E-state index is 6.01. The highest BCUT2D eigenvalue weighted by atomic mass is 16.3. The third-order valence-corrected chi connectivity index (χ3v) is 6.35. The van der Waals surface area contributed by atoms with Crippen molar-refractivity contribution in [1.29, 1.82) is 0 Å². The van der Waals surface area contributed by atoms with Gasteiger partial charge in [0.1, 0.15) is 11.3 Å². The standard InChI is InChI=1S/C19H23NO/c1-2-15-14(13-5-3-4-6-16(13)21-15)10-20-19-17-11-7-8-12(9-11)18(17)19/h3-6,11-12,17-20H,2,7-10H2,1H3. The average molecular weight is 281 g/mol. The molecule has 2 nitrogen and oxygen atoms in total. The van der Waals surface area contributed by atoms with Crippen molar-refractivity contribution in [3.05, 3.63) is 35.6 Å². The van der Waals surface area contributed by atoms with Gasteiger partial charge in [-0.2, -0.15) is 0 Å². The molecule has 4 atom stereocenters. The van der Waals surface area contributed by atoms with E-state index in [1.165, 1.54) is 30.2 Å². The molecule has 3 aliphatic rings. The fourth-order valence-electron chi connectivity index (χ4n) is 5.45. The van der Waals surface area contributed by atoms with E-state index in [2.05, 4.69) is 36.5 Å². The molecule has 1 heterocycles. The third-order valence-electron chi connectivity index (χ3n) is 6.35. The van der Waals surface area contributed by atoms with Gasteiger partial charge in [0.15, 0.2) is 0 Å². The molecule has 0 aliphatic heterocycles. The Hall–Kier alpha value is -1.28. The summed E-state index contributed by atoms with van der Waals surface area (Å²) in [4.78, 5) is 0. The van der Waals surface area contributed by atoms with Gasteiger partial charge < -0.3 is 9.73 Å². The number of furan rings is 1. The first kappa shape index (κ1) is 12.3. The molecule has 0 spiro atoms. The molecule has 3 fully saturated rings. The van der Waals surface area contributed by atoms with E-state index in [4.69, 9.17) is 4.42 Å². The smallest absolute Gasteiger partial charge is 0.134 e. The third kappa shape index (κ3) is 1.69. The second kappa shape index (κ2) is 4.36. The lowest BCUT2D eigenvalue weighted by molar-refractivity contribution is 0.456. The monoisotopic (exact) mass is 281 g/mol. The van der Waals surface area contributed by atoms with Gasteiger partial charge in [0.05, 0.1) is 0 Å². The van der Waals surface area contributed by atoms with Crippen LogP contribution in [0.4, 0.5) is 0 Å². The molecular formula is C19H23NO. The SMILES string of the molecule is CCc1oc2ccccc2c1CNC1C2C3CCC(C3)C12. The molecule has 5 rings (SSSR count). The highest BCUT2D eigenvalue weighted by molar-refractivity contribution is 5.82. The molecule has 1 aromatic carbocycles. The minimum Gasteiger partial charge on any atom is -0.461 e. The first-order chi connectivity index (χ1) is 10.4. The molecule has 0 amide bonds. The summed E-state index contributed by atoms with van der Waals surface area (Å²) in [7, 11) is 0. The van der Waals surface area contributed by atoms with Gasteiger partial charge in [-0.1, -0.05) is 25.1 Å². The molecule has 21 heavy (non-hydrogen) atoms. The lowest BCUT2D eigenvalue weighted by atomic mass is 10.0. The molecule has 0 saturated heterocycles. The number of aryl methyl sites for hydroxylation is 1. The number of rotatable bonds is 4. The lowest BCUT2D eigenvalue weighted by Gasteiger charge is -2.10. The summed E-state index contributed by atoms with van der Waals surface area (Å²) in [5.41, 5.74) is 2.44. The Morgan fingerprint density at radius 1 is 1.14 bits per heavy atom. The maximum atomic E-state index is 6.01. The van der Waals surface area contributed by atoms with E-state index in [9.17, 15) is 0 Å². The van der Waals surface area contributed by atoms with E-state index < -0.39 is 0 Å². The van der Waals surface area contributed by atoms with Crippen LogP contribution in [0.3, 0.4) is 0 Å². The van der Waals surface area contributed by atoms with Crippen molar-refractivity contribution in [2.75, 3.05) is 0 Å². The first-order valence-electron chi connectivity index (χ1n) is 8.59. The molecular weight excluding hydrogens is 258 g/mol. The number of benzene rings is 1. The minimum absolute atomic E-state index is 0.801. The Morgan fingerprint density at radius 3 is 2.67 bits per heavy atom. The van der Waals surface area contributed by atoms with Crippen molar-refractivity contribution in [3.63, 3.8) is 0 Å². The molecule has 1 aromatic heterocycles. The van der Waals surface area contributed by atoms with Gasteiger partial charge in [-0.25, -0.2) is 0 Å². The topological polar surface area (TPSA) is 25.2 Å². The van der Waals surface area contributed by atoms with Crippen molar-refractivity contribution in [2.24, 2.45) is 23.7 Å². The van der Waals surface area contributed by atoms with Crippen LogP contribution in [0, 0.1) is 23.7 Å². The summed E-state index contributed by atoms with van der Waals surface area (Å²) in [6.45, 7) is 3.17. The largest absolute Gasteiger partial charge is 0.461 e. The van der Waals surface area contributed by atoms with Crippen LogP contribution in [0.5, 0.6) is 0 Å². The van der Waals surface area contributed by atoms with E-state index in [1.807, 2.05) is 0 Å². The molecule has 110 valence electrons. The van der Waals surface area contributed by atoms with Gasteiger partial charge in [-0.15, -0.1) is 0 Å². The van der Waals surface area contributed by atoms with Gasteiger partial charge in [-0.05, 0) is 49.0 Å². The predicted octanol–water partition coefficient (Wildman–Crippen LogP) is 4.13. The van der Waals surface area contributed by atoms with Crippen molar-refractivity contribution >= 4 is 11.0 Å². The van der Waals surface area contributed by atoms with Crippen LogP contribution < -0.4 is 5.32 Å². The van der Waals surface area contributed by atoms with Crippen LogP contribution in [0.2, 0.25) is 0 Å². The molecule has 2 heteroatoms. The number of nitrogens with one attached hydrogen (secondary N) is 1. The van der Waals surface area contributed by atoms with E-state index in [1.54, 1.807) is 0 Å². The normalized spacial score (nSPS) is 36.3. The van der Waals surface area contributed by atoms with Crippen molar-refractivity contribution in [3.8, 4) is 0 Å². The summed E-state index contributed by atoms with van der Waals surface area (Å²) in [5.74, 6) is 5.27. The Morgan fingerprint density at radius 2 is 1.90 bits per heavy atom. The quantitative estimate of drug-likeness (QED) is 0.911. The second-order valence-electron chi connectivity index (χ2n) is 7.25. The number of para-hydroxylation sites is 1. The van der Waals surface area contributed by atoms with Crippen LogP contribution in [0.1, 0.15) is 37.5 Å². The highest BCUT2D eigenvalue weighted by Gasteiger charge is 2.64. The van der Waals surface area contributed by atoms with E-state index in [0.29, 0.717) is 0 Å². The van der Waals surface area contributed by atoms with E-state index in [0.717, 1.165) is 54.0 Å². The van der Waals surface area contributed by atoms with Crippen LogP contribution in [0.15, 0.2) is 28.7 Å². The van der Waals surface area contributed by atoms with Crippen LogP contribution in [-0.4, -0.2) is 6.04 Å². The zero-order valence-electron chi connectivity index (χ0n) is 12.6. The van der Waals surface area contributed by atoms with Crippen LogP contribution >= 0.6 is 0 Å². The van der Waals surface area contributed by atoms with Crippen LogP contribution in [-0.2, 0) is 13.0 Å². The molecule has 0 radical (unpaired) electrons. The minimum atomic E-state index is 0.801. The number of hydrogen-bond acceptors (Lipinski definition) is 2. The second-order valence-corrected chi connectivity index (χ2v) is 7.25. The first-order valence-corrected chi connectivity index (χ1v) is 8.59. The highest BCUT2D eigenvalue weighted by Crippen LogP contribution is 2.65. The van der Waals surface area contributed by atoms with Gasteiger partial charge >= 0.3 is 0 Å². The van der Waals surface area contributed by atoms with E-state index >= 15 is 0 Å². The summed E-state index contributed by atoms with van der Waals surface area (Å²) in [6, 6.07) is 9.27. The lowest BCUT2D eigenvalue weighted by Crippen LogP contribution is -2.22. The Bertz CT molecular complexity index is 672. The van der Waals surface area contributed by atoms with E-state index in [-0.39, 0.29) is 0 Å². The summed E-state index contributed by atoms with van der Waals surface area (Å²) >= 11 is 0. The van der Waals surface area contributed by atoms with Gasteiger partial charge in [0.2, 0.25) is 0 Å². The Labute approximate surface area is 125 Å². The van der Waals surface area contributed by atoms with Crippen molar-refractivity contribution in [1.82, 2.24) is 5.32 Å². The molecule has 3 saturated carbocycles. The molecule has 2 aromatic rings. The van der Waals surface area contributed by atoms with Crippen molar-refractivity contribution in [2.45, 2.75) is 45.2 Å². The molecule has 2 bridgehead atoms. The zero-order chi connectivity index (χ0) is 14.0. The predicted molar refractivity (Wildman–Crippen MR) is 84.0 cm³/mol.